The molecule has 2 bridgehead atoms. The lowest BCUT2D eigenvalue weighted by molar-refractivity contribution is -0.133. The molecule has 2 N–H and O–H groups in total. The van der Waals surface area contributed by atoms with Crippen LogP contribution in [0.25, 0.3) is 33.5 Å². The number of H-pyrrole nitrogens is 1. The quantitative estimate of drug-likeness (QED) is 0.202. The smallest absolute Gasteiger partial charge is 0.237 e. The Morgan fingerprint density at radius 1 is 0.939 bits per heavy atom. The van der Waals surface area contributed by atoms with Crippen molar-refractivity contribution >= 4 is 34.6 Å². The minimum absolute atomic E-state index is 0.325. The first-order valence-corrected chi connectivity index (χ1v) is 17.3. The first-order valence-electron chi connectivity index (χ1n) is 17.3. The van der Waals surface area contributed by atoms with Crippen LogP contribution in [0, 0.1) is 5.92 Å². The van der Waals surface area contributed by atoms with Crippen molar-refractivity contribution in [1.82, 2.24) is 34.9 Å². The molecule has 49 heavy (non-hydrogen) atoms. The first-order chi connectivity index (χ1) is 24.0. The van der Waals surface area contributed by atoms with Gasteiger partial charge >= 0.3 is 0 Å². The number of amides is 2. The van der Waals surface area contributed by atoms with Gasteiger partial charge in [-0.3, -0.25) is 24.6 Å². The Morgan fingerprint density at radius 2 is 1.78 bits per heavy atom. The SMILES string of the molecule is CCC1CCN(CC(=O)N2CC3CC2CN3c2ccc(-c3ncccn3)cc2)C1.CCc1cc(-c2n[nH]c3ccc(NC=O)cc23)ccn1. The highest BCUT2D eigenvalue weighted by Gasteiger charge is 2.45. The lowest BCUT2D eigenvalue weighted by atomic mass is 10.1. The number of hydrogen-bond acceptors (Lipinski definition) is 8. The number of anilines is 2. The monoisotopic (exact) mass is 657 g/mol. The average Bonchev–Trinajstić information content (AvgIpc) is 3.97. The molecule has 2 aromatic carbocycles. The summed E-state index contributed by atoms with van der Waals surface area (Å²) >= 11 is 0. The van der Waals surface area contributed by atoms with Crippen LogP contribution >= 0.6 is 0 Å². The van der Waals surface area contributed by atoms with Gasteiger partial charge in [0.25, 0.3) is 0 Å². The van der Waals surface area contributed by atoms with Gasteiger partial charge in [-0.15, -0.1) is 0 Å². The molecule has 11 heteroatoms. The van der Waals surface area contributed by atoms with Crippen LogP contribution in [0.1, 0.15) is 38.8 Å². The molecule has 3 unspecified atom stereocenters. The Labute approximate surface area is 286 Å². The Bertz CT molecular complexity index is 1890. The zero-order valence-corrected chi connectivity index (χ0v) is 28.1. The molecule has 8 rings (SSSR count). The fourth-order valence-electron chi connectivity index (χ4n) is 7.42. The topological polar surface area (TPSA) is 123 Å². The number of nitrogens with zero attached hydrogens (tertiary/aromatic N) is 7. The van der Waals surface area contributed by atoms with Crippen LogP contribution in [-0.4, -0.2) is 92.1 Å². The molecule has 3 fully saturated rings. The van der Waals surface area contributed by atoms with Gasteiger partial charge in [0.2, 0.25) is 12.3 Å². The highest BCUT2D eigenvalue weighted by Crippen LogP contribution is 2.35. The average molecular weight is 658 g/mol. The molecule has 3 saturated heterocycles. The van der Waals surface area contributed by atoms with E-state index < -0.39 is 0 Å². The van der Waals surface area contributed by atoms with E-state index >= 15 is 0 Å². The Hall–Kier alpha value is -5.16. The second-order valence-corrected chi connectivity index (χ2v) is 13.1. The maximum absolute atomic E-state index is 12.9. The van der Waals surface area contributed by atoms with Gasteiger partial charge < -0.3 is 15.1 Å². The molecule has 5 aromatic rings. The van der Waals surface area contributed by atoms with Gasteiger partial charge in [-0.25, -0.2) is 9.97 Å². The van der Waals surface area contributed by atoms with Crippen molar-refractivity contribution in [3.8, 4) is 22.6 Å². The number of piperazine rings is 1. The summed E-state index contributed by atoms with van der Waals surface area (Å²) in [6.45, 7) is 8.90. The molecule has 3 aliphatic heterocycles. The summed E-state index contributed by atoms with van der Waals surface area (Å²) in [5.74, 6) is 1.86. The van der Waals surface area contributed by atoms with E-state index in [-0.39, 0.29) is 0 Å². The molecule has 3 aromatic heterocycles. The number of fused-ring (bicyclic) bond motifs is 3. The fourth-order valence-corrected chi connectivity index (χ4v) is 7.42. The van der Waals surface area contributed by atoms with Crippen molar-refractivity contribution in [3.05, 3.63) is 84.9 Å². The van der Waals surface area contributed by atoms with Gasteiger partial charge in [0.1, 0.15) is 5.69 Å². The summed E-state index contributed by atoms with van der Waals surface area (Å²) in [5.41, 5.74) is 6.87. The number of hydrogen-bond donors (Lipinski definition) is 2. The van der Waals surface area contributed by atoms with Gasteiger partial charge in [-0.1, -0.05) is 20.3 Å². The largest absolute Gasteiger partial charge is 0.365 e. The summed E-state index contributed by atoms with van der Waals surface area (Å²) in [6.07, 6.45) is 10.4. The number of carbonyl (C=O) groups is 2. The van der Waals surface area contributed by atoms with Gasteiger partial charge in [0.15, 0.2) is 5.82 Å². The summed E-state index contributed by atoms with van der Waals surface area (Å²) in [4.78, 5) is 43.3. The maximum atomic E-state index is 12.9. The summed E-state index contributed by atoms with van der Waals surface area (Å²) in [5, 5.41) is 11.0. The molecule has 3 atom stereocenters. The Balaban J connectivity index is 0.000000166. The highest BCUT2D eigenvalue weighted by molar-refractivity contribution is 5.95. The van der Waals surface area contributed by atoms with E-state index in [0.29, 0.717) is 30.9 Å². The predicted octanol–water partition coefficient (Wildman–Crippen LogP) is 5.42. The van der Waals surface area contributed by atoms with Crippen LogP contribution in [0.4, 0.5) is 11.4 Å². The zero-order chi connectivity index (χ0) is 33.7. The number of rotatable bonds is 9. The van der Waals surface area contributed by atoms with Crippen molar-refractivity contribution in [3.63, 3.8) is 0 Å². The molecule has 0 saturated carbocycles. The van der Waals surface area contributed by atoms with Crippen molar-refractivity contribution in [2.24, 2.45) is 5.92 Å². The van der Waals surface area contributed by atoms with E-state index in [2.05, 4.69) is 83.3 Å². The van der Waals surface area contributed by atoms with Crippen LogP contribution in [-0.2, 0) is 16.0 Å². The van der Waals surface area contributed by atoms with Gasteiger partial charge in [0, 0.05) is 77.8 Å². The lowest BCUT2D eigenvalue weighted by Crippen LogP contribution is -2.51. The highest BCUT2D eigenvalue weighted by atomic mass is 16.2. The summed E-state index contributed by atoms with van der Waals surface area (Å²) < 4.78 is 0. The van der Waals surface area contributed by atoms with Crippen LogP contribution < -0.4 is 10.2 Å². The second-order valence-electron chi connectivity index (χ2n) is 13.1. The minimum Gasteiger partial charge on any atom is -0.365 e. The fraction of sp³-hybridized carbons (Fsp3) is 0.368. The summed E-state index contributed by atoms with van der Waals surface area (Å²) in [6, 6.07) is 20.8. The second kappa shape index (κ2) is 14.5. The molecule has 6 heterocycles. The van der Waals surface area contributed by atoms with E-state index in [1.165, 1.54) is 18.5 Å². The van der Waals surface area contributed by atoms with Crippen LogP contribution in [0.3, 0.4) is 0 Å². The molecule has 0 spiro atoms. The zero-order valence-electron chi connectivity index (χ0n) is 28.1. The van der Waals surface area contributed by atoms with Gasteiger partial charge in [-0.05, 0) is 92.4 Å². The molecule has 11 nitrogen and oxygen atoms in total. The number of aryl methyl sites for hydroxylation is 1. The maximum Gasteiger partial charge on any atom is 0.237 e. The summed E-state index contributed by atoms with van der Waals surface area (Å²) in [7, 11) is 0. The number of benzene rings is 2. The molecule has 2 amide bonds. The van der Waals surface area contributed by atoms with Crippen molar-refractivity contribution in [2.45, 2.75) is 51.6 Å². The van der Waals surface area contributed by atoms with Crippen molar-refractivity contribution in [1.29, 1.82) is 0 Å². The van der Waals surface area contributed by atoms with E-state index in [4.69, 9.17) is 0 Å². The van der Waals surface area contributed by atoms with E-state index in [1.807, 2.05) is 36.4 Å². The van der Waals surface area contributed by atoms with Gasteiger partial charge in [-0.2, -0.15) is 5.10 Å². The number of aromatic amines is 1. The van der Waals surface area contributed by atoms with Gasteiger partial charge in [0.05, 0.1) is 18.1 Å². The third-order valence-electron chi connectivity index (χ3n) is 10.1. The third kappa shape index (κ3) is 7.03. The van der Waals surface area contributed by atoms with E-state index in [1.54, 1.807) is 18.6 Å². The number of aromatic nitrogens is 5. The van der Waals surface area contributed by atoms with Crippen LogP contribution in [0.15, 0.2) is 79.3 Å². The van der Waals surface area contributed by atoms with E-state index in [9.17, 15) is 9.59 Å². The molecular weight excluding hydrogens is 614 g/mol. The predicted molar refractivity (Wildman–Crippen MR) is 192 cm³/mol. The molecule has 0 radical (unpaired) electrons. The number of carbonyl (C=O) groups excluding carboxylic acids is 2. The third-order valence-corrected chi connectivity index (χ3v) is 10.1. The number of pyridine rings is 1. The first kappa shape index (κ1) is 32.4. The molecular formula is C38H43N9O2. The minimum atomic E-state index is 0.325. The molecule has 3 aliphatic rings. The standard InChI is InChI=1S/C23H29N5O.C15H14N4O/c1-2-17-8-11-26(13-17)16-22(29)28-15-20-12-21(28)14-27(20)19-6-4-18(5-7-19)23-24-9-3-10-25-23;1-2-11-7-10(5-6-16-11)15-13-8-12(17-9-20)3-4-14(13)18-19-15/h3-7,9-10,17,20-21H,2,8,11-16H2,1H3;3-9H,2H2,1H3,(H,17,20)(H,18,19). The normalized spacial score (nSPS) is 20.0. The molecule has 252 valence electrons. The lowest BCUT2D eigenvalue weighted by Gasteiger charge is -2.36. The number of nitrogens with one attached hydrogen (secondary N) is 2. The van der Waals surface area contributed by atoms with Crippen LogP contribution in [0.2, 0.25) is 0 Å². The number of likely N-dealkylation sites (tertiary alicyclic amines) is 2. The Morgan fingerprint density at radius 3 is 2.49 bits per heavy atom. The van der Waals surface area contributed by atoms with Crippen molar-refractivity contribution < 1.29 is 9.59 Å². The Kier molecular flexibility index (Phi) is 9.61. The van der Waals surface area contributed by atoms with Crippen LogP contribution in [0.5, 0.6) is 0 Å². The van der Waals surface area contributed by atoms with E-state index in [0.717, 1.165) is 89.9 Å². The molecule has 0 aliphatic carbocycles. The van der Waals surface area contributed by atoms with Crippen molar-refractivity contribution in [2.75, 3.05) is 42.9 Å².